The highest BCUT2D eigenvalue weighted by Crippen LogP contribution is 2.23. The Morgan fingerprint density at radius 2 is 1.90 bits per heavy atom. The Bertz CT molecular complexity index is 660. The lowest BCUT2D eigenvalue weighted by Crippen LogP contribution is -2.30. The molecule has 1 aliphatic rings. The molecule has 1 aromatic carbocycles. The summed E-state index contributed by atoms with van der Waals surface area (Å²) in [7, 11) is 0. The summed E-state index contributed by atoms with van der Waals surface area (Å²) in [5.41, 5.74) is 0.690. The van der Waals surface area contributed by atoms with E-state index in [2.05, 4.69) is 5.32 Å². The number of hydrogen-bond donors (Lipinski definition) is 1. The molecule has 2 aromatic rings. The third-order valence-corrected chi connectivity index (χ3v) is 3.90. The van der Waals surface area contributed by atoms with Gasteiger partial charge in [0.05, 0.1) is 5.69 Å². The molecule has 1 fully saturated rings. The van der Waals surface area contributed by atoms with Crippen LogP contribution in [0.25, 0.3) is 0 Å². The van der Waals surface area contributed by atoms with Crippen molar-refractivity contribution in [2.75, 3.05) is 13.1 Å². The van der Waals surface area contributed by atoms with Gasteiger partial charge in [0.2, 0.25) is 5.78 Å². The van der Waals surface area contributed by atoms with Gasteiger partial charge in [0.15, 0.2) is 11.6 Å². The van der Waals surface area contributed by atoms with Crippen molar-refractivity contribution in [3.8, 4) is 0 Å². The highest BCUT2D eigenvalue weighted by molar-refractivity contribution is 6.08. The molecular formula is C16H16F2N2O. The number of carbonyl (C=O) groups is 1. The summed E-state index contributed by atoms with van der Waals surface area (Å²) in [5, 5.41) is 3.28. The first-order valence-corrected chi connectivity index (χ1v) is 7.04. The summed E-state index contributed by atoms with van der Waals surface area (Å²) in [4.78, 5) is 12.5. The summed E-state index contributed by atoms with van der Waals surface area (Å²) in [6.45, 7) is 1.84. The van der Waals surface area contributed by atoms with Crippen LogP contribution in [0.2, 0.25) is 0 Å². The molecule has 3 nitrogen and oxygen atoms in total. The minimum Gasteiger partial charge on any atom is -0.342 e. The standard InChI is InChI=1S/C16H16F2N2O/c17-13-4-3-11(10-14(13)18)16(21)15-2-1-9-20(15)12-5-7-19-8-6-12/h1-4,9-10,12,19H,5-8H2. The molecule has 0 unspecified atom stereocenters. The summed E-state index contributed by atoms with van der Waals surface area (Å²) in [6.07, 6.45) is 3.78. The molecule has 3 rings (SSSR count). The number of nitrogens with zero attached hydrogens (tertiary/aromatic N) is 1. The summed E-state index contributed by atoms with van der Waals surface area (Å²) in [5.74, 6) is -2.22. The Balaban J connectivity index is 1.91. The minimum absolute atomic E-state index is 0.169. The van der Waals surface area contributed by atoms with E-state index in [-0.39, 0.29) is 17.4 Å². The van der Waals surface area contributed by atoms with E-state index >= 15 is 0 Å². The van der Waals surface area contributed by atoms with E-state index in [1.165, 1.54) is 6.07 Å². The average Bonchev–Trinajstić information content (AvgIpc) is 2.99. The Kier molecular flexibility index (Phi) is 3.84. The molecule has 110 valence electrons. The van der Waals surface area contributed by atoms with Crippen LogP contribution in [-0.4, -0.2) is 23.4 Å². The molecule has 21 heavy (non-hydrogen) atoms. The third-order valence-electron chi connectivity index (χ3n) is 3.90. The smallest absolute Gasteiger partial charge is 0.209 e. The number of benzene rings is 1. The van der Waals surface area contributed by atoms with Gasteiger partial charge in [-0.1, -0.05) is 0 Å². The molecule has 0 amide bonds. The summed E-state index contributed by atoms with van der Waals surface area (Å²) in [6, 6.07) is 7.07. The van der Waals surface area contributed by atoms with Gasteiger partial charge >= 0.3 is 0 Å². The highest BCUT2D eigenvalue weighted by atomic mass is 19.2. The molecule has 2 heterocycles. The number of aromatic nitrogens is 1. The van der Waals surface area contributed by atoms with E-state index < -0.39 is 11.6 Å². The van der Waals surface area contributed by atoms with Gasteiger partial charge in [0, 0.05) is 17.8 Å². The van der Waals surface area contributed by atoms with Gasteiger partial charge in [0.25, 0.3) is 0 Å². The molecule has 0 aliphatic carbocycles. The SMILES string of the molecule is O=C(c1ccc(F)c(F)c1)c1cccn1C1CCNCC1. The first kappa shape index (κ1) is 13.9. The first-order valence-electron chi connectivity index (χ1n) is 7.04. The Morgan fingerprint density at radius 3 is 2.62 bits per heavy atom. The monoisotopic (exact) mass is 290 g/mol. The number of carbonyl (C=O) groups excluding carboxylic acids is 1. The first-order chi connectivity index (χ1) is 10.2. The molecule has 1 saturated heterocycles. The predicted octanol–water partition coefficient (Wildman–Crippen LogP) is 2.92. The maximum Gasteiger partial charge on any atom is 0.209 e. The topological polar surface area (TPSA) is 34.0 Å². The van der Waals surface area contributed by atoms with Crippen molar-refractivity contribution in [2.45, 2.75) is 18.9 Å². The summed E-state index contributed by atoms with van der Waals surface area (Å²) < 4.78 is 28.2. The van der Waals surface area contributed by atoms with Crippen LogP contribution in [0.3, 0.4) is 0 Å². The van der Waals surface area contributed by atoms with Crippen molar-refractivity contribution in [1.82, 2.24) is 9.88 Å². The largest absolute Gasteiger partial charge is 0.342 e. The molecule has 1 aliphatic heterocycles. The lowest BCUT2D eigenvalue weighted by Gasteiger charge is -2.25. The normalized spacial score (nSPS) is 16.1. The van der Waals surface area contributed by atoms with Crippen LogP contribution in [0.5, 0.6) is 0 Å². The van der Waals surface area contributed by atoms with E-state index in [9.17, 15) is 13.6 Å². The van der Waals surface area contributed by atoms with E-state index in [4.69, 9.17) is 0 Å². The Morgan fingerprint density at radius 1 is 1.14 bits per heavy atom. The van der Waals surface area contributed by atoms with Crippen LogP contribution < -0.4 is 5.32 Å². The number of hydrogen-bond acceptors (Lipinski definition) is 2. The van der Waals surface area contributed by atoms with Crippen molar-refractivity contribution in [3.05, 3.63) is 59.4 Å². The number of nitrogens with one attached hydrogen (secondary N) is 1. The predicted molar refractivity (Wildman–Crippen MR) is 75.4 cm³/mol. The maximum atomic E-state index is 13.3. The van der Waals surface area contributed by atoms with Crippen LogP contribution in [-0.2, 0) is 0 Å². The average molecular weight is 290 g/mol. The molecule has 0 atom stereocenters. The zero-order chi connectivity index (χ0) is 14.8. The Hall–Kier alpha value is -2.01. The molecule has 0 saturated carbocycles. The molecule has 0 bridgehead atoms. The van der Waals surface area contributed by atoms with E-state index in [0.29, 0.717) is 5.69 Å². The number of piperidine rings is 1. The molecular weight excluding hydrogens is 274 g/mol. The van der Waals surface area contributed by atoms with Gasteiger partial charge in [-0.05, 0) is 56.3 Å². The van der Waals surface area contributed by atoms with Crippen molar-refractivity contribution in [1.29, 1.82) is 0 Å². The lowest BCUT2D eigenvalue weighted by atomic mass is 10.0. The maximum absolute atomic E-state index is 13.3. The molecule has 5 heteroatoms. The van der Waals surface area contributed by atoms with Crippen LogP contribution in [0.1, 0.15) is 34.9 Å². The molecule has 0 spiro atoms. The zero-order valence-electron chi connectivity index (χ0n) is 11.5. The van der Waals surface area contributed by atoms with Gasteiger partial charge in [0.1, 0.15) is 0 Å². The van der Waals surface area contributed by atoms with Crippen LogP contribution in [0, 0.1) is 11.6 Å². The quantitative estimate of drug-likeness (QED) is 0.882. The zero-order valence-corrected chi connectivity index (χ0v) is 11.5. The molecule has 1 N–H and O–H groups in total. The fourth-order valence-electron chi connectivity index (χ4n) is 2.77. The van der Waals surface area contributed by atoms with Gasteiger partial charge < -0.3 is 9.88 Å². The molecule has 1 aromatic heterocycles. The van der Waals surface area contributed by atoms with E-state index in [1.807, 2.05) is 16.8 Å². The number of ketones is 1. The second-order valence-corrected chi connectivity index (χ2v) is 5.24. The fraction of sp³-hybridized carbons (Fsp3) is 0.312. The number of rotatable bonds is 3. The summed E-state index contributed by atoms with van der Waals surface area (Å²) >= 11 is 0. The van der Waals surface area contributed by atoms with Crippen LogP contribution >= 0.6 is 0 Å². The van der Waals surface area contributed by atoms with Gasteiger partial charge in [-0.2, -0.15) is 0 Å². The van der Waals surface area contributed by atoms with Crippen molar-refractivity contribution in [2.24, 2.45) is 0 Å². The van der Waals surface area contributed by atoms with Gasteiger partial charge in [-0.3, -0.25) is 4.79 Å². The lowest BCUT2D eigenvalue weighted by molar-refractivity contribution is 0.102. The highest BCUT2D eigenvalue weighted by Gasteiger charge is 2.21. The van der Waals surface area contributed by atoms with E-state index in [0.717, 1.165) is 38.1 Å². The minimum atomic E-state index is -0.999. The van der Waals surface area contributed by atoms with Crippen LogP contribution in [0.15, 0.2) is 36.5 Å². The van der Waals surface area contributed by atoms with Crippen LogP contribution in [0.4, 0.5) is 8.78 Å². The van der Waals surface area contributed by atoms with Crippen molar-refractivity contribution < 1.29 is 13.6 Å². The second-order valence-electron chi connectivity index (χ2n) is 5.24. The van der Waals surface area contributed by atoms with Gasteiger partial charge in [-0.25, -0.2) is 8.78 Å². The fourth-order valence-corrected chi connectivity index (χ4v) is 2.77. The molecule has 0 radical (unpaired) electrons. The van der Waals surface area contributed by atoms with Crippen molar-refractivity contribution in [3.63, 3.8) is 0 Å². The second kappa shape index (κ2) is 5.77. The van der Waals surface area contributed by atoms with Crippen molar-refractivity contribution >= 4 is 5.78 Å². The Labute approximate surface area is 121 Å². The van der Waals surface area contributed by atoms with E-state index in [1.54, 1.807) is 6.07 Å². The third kappa shape index (κ3) is 2.74. The number of halogens is 2. The van der Waals surface area contributed by atoms with Gasteiger partial charge in [-0.15, -0.1) is 0 Å².